The van der Waals surface area contributed by atoms with Crippen molar-refractivity contribution in [2.45, 2.75) is 26.7 Å². The quantitative estimate of drug-likeness (QED) is 0.545. The van der Waals surface area contributed by atoms with Crippen LogP contribution in [0.4, 0.5) is 0 Å². The van der Waals surface area contributed by atoms with Crippen molar-refractivity contribution in [3.63, 3.8) is 0 Å². The molecule has 0 amide bonds. The van der Waals surface area contributed by atoms with Crippen LogP contribution in [0.15, 0.2) is 5.38 Å². The van der Waals surface area contributed by atoms with Gasteiger partial charge in [-0.25, -0.2) is 4.98 Å². The second-order valence-electron chi connectivity index (χ2n) is 2.60. The molecule has 1 rings (SSSR count). The molecule has 0 fully saturated rings. The number of hydrogen-bond acceptors (Lipinski definition) is 3. The number of hydrogen-bond donors (Lipinski definition) is 0. The van der Waals surface area contributed by atoms with Gasteiger partial charge in [0.1, 0.15) is 5.69 Å². The highest BCUT2D eigenvalue weighted by atomic mass is 32.1. The van der Waals surface area contributed by atoms with Crippen molar-refractivity contribution in [2.24, 2.45) is 0 Å². The highest BCUT2D eigenvalue weighted by Gasteiger charge is 2.07. The minimum atomic E-state index is 0.0899. The van der Waals surface area contributed by atoms with Crippen molar-refractivity contribution in [1.29, 1.82) is 0 Å². The average Bonchev–Trinajstić information content (AvgIpc) is 2.52. The lowest BCUT2D eigenvalue weighted by atomic mass is 10.2. The van der Waals surface area contributed by atoms with Gasteiger partial charge in [0, 0.05) is 18.2 Å². The zero-order valence-corrected chi connectivity index (χ0v) is 8.57. The third-order valence-corrected chi connectivity index (χ3v) is 2.33. The van der Waals surface area contributed by atoms with Gasteiger partial charge in [0.2, 0.25) is 0 Å². The maximum Gasteiger partial charge on any atom is 0.182 e. The van der Waals surface area contributed by atoms with Crippen LogP contribution >= 0.6 is 11.3 Å². The number of aryl methyl sites for hydroxylation is 1. The van der Waals surface area contributed by atoms with Crippen LogP contribution in [0.3, 0.4) is 0 Å². The molecule has 0 spiro atoms. The molecule has 0 atom stereocenters. The average molecular weight is 193 g/mol. The van der Waals surface area contributed by atoms with Crippen molar-refractivity contribution in [3.8, 4) is 11.8 Å². The van der Waals surface area contributed by atoms with Gasteiger partial charge in [0.15, 0.2) is 5.78 Å². The van der Waals surface area contributed by atoms with Crippen molar-refractivity contribution in [3.05, 3.63) is 16.1 Å². The fourth-order valence-electron chi connectivity index (χ4n) is 0.921. The Balaban J connectivity index is 2.52. The van der Waals surface area contributed by atoms with E-state index in [1.165, 1.54) is 11.3 Å². The molecule has 0 saturated carbocycles. The number of ketones is 1. The molecular weight excluding hydrogens is 182 g/mol. The number of rotatable bonds is 3. The molecule has 0 unspecified atom stereocenters. The third kappa shape index (κ3) is 3.00. The summed E-state index contributed by atoms with van der Waals surface area (Å²) >= 11 is 1.50. The maximum absolute atomic E-state index is 11.4. The van der Waals surface area contributed by atoms with E-state index in [2.05, 4.69) is 16.8 Å². The summed E-state index contributed by atoms with van der Waals surface area (Å²) in [5, 5.41) is 2.74. The van der Waals surface area contributed by atoms with Gasteiger partial charge >= 0.3 is 0 Å². The lowest BCUT2D eigenvalue weighted by Gasteiger charge is -1.90. The van der Waals surface area contributed by atoms with Crippen molar-refractivity contribution < 1.29 is 4.79 Å². The number of aromatic nitrogens is 1. The van der Waals surface area contributed by atoms with E-state index in [1.54, 1.807) is 12.3 Å². The fourth-order valence-corrected chi connectivity index (χ4v) is 1.54. The molecule has 2 nitrogen and oxygen atoms in total. The zero-order valence-electron chi connectivity index (χ0n) is 7.76. The predicted octanol–water partition coefficient (Wildman–Crippen LogP) is 2.44. The summed E-state index contributed by atoms with van der Waals surface area (Å²) in [6.07, 6.45) is 1.11. The SMILES string of the molecule is CC#CCCC(=O)c1csc(C)n1. The largest absolute Gasteiger partial charge is 0.292 e. The Kier molecular flexibility index (Phi) is 3.66. The first-order valence-electron chi connectivity index (χ1n) is 4.09. The summed E-state index contributed by atoms with van der Waals surface area (Å²) in [7, 11) is 0. The molecule has 0 aromatic carbocycles. The van der Waals surface area contributed by atoms with Crippen LogP contribution in [0.5, 0.6) is 0 Å². The summed E-state index contributed by atoms with van der Waals surface area (Å²) in [6, 6.07) is 0. The lowest BCUT2D eigenvalue weighted by molar-refractivity contribution is 0.0980. The molecule has 1 aromatic rings. The molecule has 1 aromatic heterocycles. The monoisotopic (exact) mass is 193 g/mol. The third-order valence-electron chi connectivity index (χ3n) is 1.56. The predicted molar refractivity (Wildman–Crippen MR) is 53.9 cm³/mol. The highest BCUT2D eigenvalue weighted by molar-refractivity contribution is 7.09. The van der Waals surface area contributed by atoms with Crippen LogP contribution in [0.2, 0.25) is 0 Å². The summed E-state index contributed by atoms with van der Waals surface area (Å²) in [6.45, 7) is 3.67. The van der Waals surface area contributed by atoms with E-state index < -0.39 is 0 Å². The van der Waals surface area contributed by atoms with Crippen molar-refractivity contribution in [2.75, 3.05) is 0 Å². The van der Waals surface area contributed by atoms with E-state index in [4.69, 9.17) is 0 Å². The van der Waals surface area contributed by atoms with Crippen LogP contribution < -0.4 is 0 Å². The molecule has 0 aliphatic heterocycles. The summed E-state index contributed by atoms with van der Waals surface area (Å²) in [5.41, 5.74) is 0.584. The summed E-state index contributed by atoms with van der Waals surface area (Å²) in [5.74, 6) is 5.71. The highest BCUT2D eigenvalue weighted by Crippen LogP contribution is 2.10. The van der Waals surface area contributed by atoms with Crippen LogP contribution in [0.25, 0.3) is 0 Å². The first kappa shape index (κ1) is 9.94. The summed E-state index contributed by atoms with van der Waals surface area (Å²) in [4.78, 5) is 15.5. The number of carbonyl (C=O) groups excluding carboxylic acids is 1. The van der Waals surface area contributed by atoms with Gasteiger partial charge in [-0.05, 0) is 13.8 Å². The number of carbonyl (C=O) groups is 1. The minimum absolute atomic E-state index is 0.0899. The Bertz CT molecular complexity index is 356. The molecule has 13 heavy (non-hydrogen) atoms. The van der Waals surface area contributed by atoms with Crippen molar-refractivity contribution >= 4 is 17.1 Å². The molecule has 1 heterocycles. The van der Waals surface area contributed by atoms with E-state index in [0.717, 1.165) is 5.01 Å². The Morgan fingerprint density at radius 1 is 1.69 bits per heavy atom. The zero-order chi connectivity index (χ0) is 9.68. The number of thiazole rings is 1. The van der Waals surface area contributed by atoms with E-state index in [0.29, 0.717) is 18.5 Å². The molecule has 0 saturated heterocycles. The van der Waals surface area contributed by atoms with Gasteiger partial charge in [-0.3, -0.25) is 4.79 Å². The van der Waals surface area contributed by atoms with Gasteiger partial charge in [-0.2, -0.15) is 0 Å². The topological polar surface area (TPSA) is 30.0 Å². The van der Waals surface area contributed by atoms with Crippen LogP contribution in [-0.2, 0) is 0 Å². The Labute approximate surface area is 82.0 Å². The standard InChI is InChI=1S/C10H11NOS/c1-3-4-5-6-10(12)9-7-13-8(2)11-9/h7H,5-6H2,1-2H3. The number of nitrogens with zero attached hydrogens (tertiary/aromatic N) is 1. The smallest absolute Gasteiger partial charge is 0.182 e. The Morgan fingerprint density at radius 3 is 3.00 bits per heavy atom. The molecule has 68 valence electrons. The molecule has 0 N–H and O–H groups in total. The second-order valence-corrected chi connectivity index (χ2v) is 3.66. The van der Waals surface area contributed by atoms with E-state index in [9.17, 15) is 4.79 Å². The first-order valence-corrected chi connectivity index (χ1v) is 4.97. The Hall–Kier alpha value is -1.14. The van der Waals surface area contributed by atoms with Gasteiger partial charge in [0.05, 0.1) is 5.01 Å². The van der Waals surface area contributed by atoms with Crippen LogP contribution in [0.1, 0.15) is 35.3 Å². The molecule has 0 aliphatic carbocycles. The molecule has 0 aliphatic rings. The maximum atomic E-state index is 11.4. The molecule has 0 radical (unpaired) electrons. The summed E-state index contributed by atoms with van der Waals surface area (Å²) < 4.78 is 0. The van der Waals surface area contributed by atoms with E-state index in [1.807, 2.05) is 6.92 Å². The molecule has 3 heteroatoms. The van der Waals surface area contributed by atoms with Crippen molar-refractivity contribution in [1.82, 2.24) is 4.98 Å². The molecular formula is C10H11NOS. The first-order chi connectivity index (χ1) is 6.24. The van der Waals surface area contributed by atoms with E-state index >= 15 is 0 Å². The fraction of sp³-hybridized carbons (Fsp3) is 0.400. The van der Waals surface area contributed by atoms with Crippen LogP contribution in [0, 0.1) is 18.8 Å². The lowest BCUT2D eigenvalue weighted by Crippen LogP contribution is -1.98. The van der Waals surface area contributed by atoms with Gasteiger partial charge in [0.25, 0.3) is 0 Å². The molecule has 0 bridgehead atoms. The van der Waals surface area contributed by atoms with Gasteiger partial charge < -0.3 is 0 Å². The normalized spacial score (nSPS) is 9.08. The van der Waals surface area contributed by atoms with Gasteiger partial charge in [-0.15, -0.1) is 23.2 Å². The van der Waals surface area contributed by atoms with Gasteiger partial charge in [-0.1, -0.05) is 0 Å². The Morgan fingerprint density at radius 2 is 2.46 bits per heavy atom. The minimum Gasteiger partial charge on any atom is -0.292 e. The number of Topliss-reactive ketones (excluding diaryl/α,β-unsaturated/α-hetero) is 1. The second kappa shape index (κ2) is 4.78. The van der Waals surface area contributed by atoms with E-state index in [-0.39, 0.29) is 5.78 Å². The van der Waals surface area contributed by atoms with Crippen LogP contribution in [-0.4, -0.2) is 10.8 Å².